The van der Waals surface area contributed by atoms with E-state index >= 15 is 0 Å². The lowest BCUT2D eigenvalue weighted by Crippen LogP contribution is -2.36. The van der Waals surface area contributed by atoms with Crippen molar-refractivity contribution < 1.29 is 18.0 Å². The van der Waals surface area contributed by atoms with Crippen molar-refractivity contribution in [1.82, 2.24) is 14.9 Å². The number of aromatic amines is 1. The molecule has 0 saturated heterocycles. The number of hydrogen-bond acceptors (Lipinski definition) is 2. The second-order valence-electron chi connectivity index (χ2n) is 6.43. The van der Waals surface area contributed by atoms with E-state index in [4.69, 9.17) is 0 Å². The van der Waals surface area contributed by atoms with Gasteiger partial charge in [0.2, 0.25) is 0 Å². The normalized spacial score (nSPS) is 14.1. The summed E-state index contributed by atoms with van der Waals surface area (Å²) in [5.74, 6) is 0.467. The highest BCUT2D eigenvalue weighted by Crippen LogP contribution is 2.29. The lowest BCUT2D eigenvalue weighted by molar-refractivity contribution is -0.137. The van der Waals surface area contributed by atoms with Crippen LogP contribution in [-0.2, 0) is 19.1 Å². The highest BCUT2D eigenvalue weighted by atomic mass is 19.4. The second kappa shape index (κ2) is 6.57. The van der Waals surface area contributed by atoms with Gasteiger partial charge in [0.05, 0.1) is 23.5 Å². The lowest BCUT2D eigenvalue weighted by Gasteiger charge is -2.26. The van der Waals surface area contributed by atoms with Gasteiger partial charge in [-0.25, -0.2) is 4.98 Å². The maximum atomic E-state index is 12.7. The zero-order valence-electron chi connectivity index (χ0n) is 14.3. The third-order valence-corrected chi connectivity index (χ3v) is 4.63. The van der Waals surface area contributed by atoms with Gasteiger partial charge in [-0.15, -0.1) is 0 Å². The van der Waals surface area contributed by atoms with Gasteiger partial charge in [-0.2, -0.15) is 13.2 Å². The number of rotatable bonds is 2. The molecule has 2 aromatic carbocycles. The van der Waals surface area contributed by atoms with Gasteiger partial charge in [-0.05, 0) is 24.3 Å². The summed E-state index contributed by atoms with van der Waals surface area (Å²) in [5.41, 5.74) is 2.23. The number of aromatic nitrogens is 2. The second-order valence-corrected chi connectivity index (χ2v) is 6.43. The number of H-pyrrole nitrogens is 1. The fraction of sp³-hybridized carbons (Fsp3) is 0.200. The minimum absolute atomic E-state index is 0.245. The molecule has 0 spiro atoms. The Morgan fingerprint density at radius 1 is 1.04 bits per heavy atom. The Hall–Kier alpha value is -3.09. The first kappa shape index (κ1) is 17.3. The largest absolute Gasteiger partial charge is 0.416 e. The molecule has 1 N–H and O–H groups in total. The fourth-order valence-electron chi connectivity index (χ4n) is 3.18. The van der Waals surface area contributed by atoms with E-state index in [0.717, 1.165) is 34.9 Å². The van der Waals surface area contributed by atoms with Crippen molar-refractivity contribution in [2.45, 2.75) is 19.1 Å². The maximum absolute atomic E-state index is 12.7. The zero-order chi connectivity index (χ0) is 19.0. The molecule has 7 heteroatoms. The van der Waals surface area contributed by atoms with Crippen LogP contribution in [-0.4, -0.2) is 27.3 Å². The molecule has 0 bridgehead atoms. The number of carbonyl (C=O) groups is 1. The van der Waals surface area contributed by atoms with Gasteiger partial charge in [0.15, 0.2) is 0 Å². The molecule has 0 unspecified atom stereocenters. The SMILES string of the molecule is O=C(c1ccc(C(F)(F)F)cc1)N1CCc2nc(-c3ccccc3)[nH]c2C1. The Kier molecular flexibility index (Phi) is 4.22. The number of nitrogens with zero attached hydrogens (tertiary/aromatic N) is 2. The van der Waals surface area contributed by atoms with E-state index in [1.807, 2.05) is 30.3 Å². The Labute approximate surface area is 153 Å². The highest BCUT2D eigenvalue weighted by Gasteiger charge is 2.31. The van der Waals surface area contributed by atoms with E-state index in [-0.39, 0.29) is 11.5 Å². The third kappa shape index (κ3) is 3.45. The van der Waals surface area contributed by atoms with Crippen LogP contribution < -0.4 is 0 Å². The van der Waals surface area contributed by atoms with E-state index in [0.29, 0.717) is 19.5 Å². The molecule has 0 aliphatic carbocycles. The van der Waals surface area contributed by atoms with Gasteiger partial charge >= 0.3 is 6.18 Å². The van der Waals surface area contributed by atoms with Crippen molar-refractivity contribution in [3.8, 4) is 11.4 Å². The topological polar surface area (TPSA) is 49.0 Å². The lowest BCUT2D eigenvalue weighted by atomic mass is 10.1. The van der Waals surface area contributed by atoms with Crippen LogP contribution in [0.1, 0.15) is 27.3 Å². The summed E-state index contributed by atoms with van der Waals surface area (Å²) in [7, 11) is 0. The number of imidazole rings is 1. The molecule has 0 fully saturated rings. The fourth-order valence-corrected chi connectivity index (χ4v) is 3.18. The van der Waals surface area contributed by atoms with Crippen molar-refractivity contribution in [1.29, 1.82) is 0 Å². The van der Waals surface area contributed by atoms with E-state index in [9.17, 15) is 18.0 Å². The Bertz CT molecular complexity index is 962. The summed E-state index contributed by atoms with van der Waals surface area (Å²) in [6.45, 7) is 0.834. The van der Waals surface area contributed by atoms with Gasteiger partial charge in [-0.1, -0.05) is 30.3 Å². The summed E-state index contributed by atoms with van der Waals surface area (Å²) in [5, 5.41) is 0. The monoisotopic (exact) mass is 371 g/mol. The minimum atomic E-state index is -4.41. The van der Waals surface area contributed by atoms with Gasteiger partial charge in [0, 0.05) is 24.1 Å². The van der Waals surface area contributed by atoms with Gasteiger partial charge in [0.1, 0.15) is 5.82 Å². The number of alkyl halides is 3. The average Bonchev–Trinajstić information content (AvgIpc) is 3.11. The summed E-state index contributed by atoms with van der Waals surface area (Å²) >= 11 is 0. The van der Waals surface area contributed by atoms with E-state index in [2.05, 4.69) is 9.97 Å². The van der Waals surface area contributed by atoms with Crippen molar-refractivity contribution in [3.63, 3.8) is 0 Å². The molecule has 3 aromatic rings. The van der Waals surface area contributed by atoms with Crippen LogP contribution >= 0.6 is 0 Å². The molecule has 0 saturated carbocycles. The van der Waals surface area contributed by atoms with Gasteiger partial charge in [-0.3, -0.25) is 4.79 Å². The molecule has 1 aliphatic rings. The van der Waals surface area contributed by atoms with Crippen LogP contribution in [0.4, 0.5) is 13.2 Å². The molecule has 1 amide bonds. The summed E-state index contributed by atoms with van der Waals surface area (Å²) in [6, 6.07) is 14.0. The molecule has 1 aromatic heterocycles. The molecular weight excluding hydrogens is 355 g/mol. The number of benzene rings is 2. The van der Waals surface area contributed by atoms with Crippen LogP contribution in [0.25, 0.3) is 11.4 Å². The predicted octanol–water partition coefficient (Wildman–Crippen LogP) is 4.29. The first-order valence-electron chi connectivity index (χ1n) is 8.51. The van der Waals surface area contributed by atoms with Crippen LogP contribution in [0.3, 0.4) is 0 Å². The number of nitrogens with one attached hydrogen (secondary N) is 1. The summed E-state index contributed by atoms with van der Waals surface area (Å²) in [4.78, 5) is 22.1. The third-order valence-electron chi connectivity index (χ3n) is 4.63. The van der Waals surface area contributed by atoms with E-state index in [1.54, 1.807) is 4.90 Å². The summed E-state index contributed by atoms with van der Waals surface area (Å²) < 4.78 is 38.0. The molecular formula is C20H16F3N3O. The Balaban J connectivity index is 1.52. The Morgan fingerprint density at radius 3 is 2.41 bits per heavy atom. The molecule has 1 aliphatic heterocycles. The maximum Gasteiger partial charge on any atom is 0.416 e. The van der Waals surface area contributed by atoms with Crippen LogP contribution in [0.2, 0.25) is 0 Å². The van der Waals surface area contributed by atoms with Crippen molar-refractivity contribution in [2.24, 2.45) is 0 Å². The smallest absolute Gasteiger partial charge is 0.340 e. The quantitative estimate of drug-likeness (QED) is 0.730. The molecule has 0 radical (unpaired) electrons. The molecule has 2 heterocycles. The zero-order valence-corrected chi connectivity index (χ0v) is 14.3. The number of amides is 1. The molecule has 138 valence electrons. The number of halogens is 3. The van der Waals surface area contributed by atoms with Crippen molar-refractivity contribution in [3.05, 3.63) is 77.1 Å². The summed E-state index contributed by atoms with van der Waals surface area (Å²) in [6.07, 6.45) is -3.81. The molecule has 4 rings (SSSR count). The van der Waals surface area contributed by atoms with Gasteiger partial charge in [0.25, 0.3) is 5.91 Å². The minimum Gasteiger partial charge on any atom is -0.340 e. The standard InChI is InChI=1S/C20H16F3N3O/c21-20(22,23)15-8-6-14(7-9-15)19(27)26-11-10-16-17(12-26)25-18(24-16)13-4-2-1-3-5-13/h1-9H,10-12H2,(H,24,25). The first-order valence-corrected chi connectivity index (χ1v) is 8.51. The van der Waals surface area contributed by atoms with Crippen LogP contribution in [0.5, 0.6) is 0 Å². The number of hydrogen-bond donors (Lipinski definition) is 1. The van der Waals surface area contributed by atoms with Crippen LogP contribution in [0.15, 0.2) is 54.6 Å². The van der Waals surface area contributed by atoms with Gasteiger partial charge < -0.3 is 9.88 Å². The van der Waals surface area contributed by atoms with Crippen LogP contribution in [0, 0.1) is 0 Å². The molecule has 4 nitrogen and oxygen atoms in total. The molecule has 0 atom stereocenters. The number of fused-ring (bicyclic) bond motifs is 1. The van der Waals surface area contributed by atoms with Crippen molar-refractivity contribution in [2.75, 3.05) is 6.54 Å². The first-order chi connectivity index (χ1) is 12.9. The Morgan fingerprint density at radius 2 is 1.74 bits per heavy atom. The average molecular weight is 371 g/mol. The van der Waals surface area contributed by atoms with E-state index in [1.165, 1.54) is 12.1 Å². The highest BCUT2D eigenvalue weighted by molar-refractivity contribution is 5.94. The van der Waals surface area contributed by atoms with Crippen molar-refractivity contribution >= 4 is 5.91 Å². The van der Waals surface area contributed by atoms with E-state index < -0.39 is 11.7 Å². The predicted molar refractivity (Wildman–Crippen MR) is 93.9 cm³/mol. The molecule has 27 heavy (non-hydrogen) atoms. The number of carbonyl (C=O) groups excluding carboxylic acids is 1.